The average Bonchev–Trinajstić information content (AvgIpc) is 2.79. The van der Waals surface area contributed by atoms with E-state index in [2.05, 4.69) is 17.6 Å². The minimum atomic E-state index is 0.176. The SMILES string of the molecule is COC1CCCC1NC(=O)CC1NCCCC1C. The third kappa shape index (κ3) is 3.45. The van der Waals surface area contributed by atoms with E-state index in [0.717, 1.165) is 25.8 Å². The quantitative estimate of drug-likeness (QED) is 0.798. The number of ether oxygens (including phenoxy) is 1. The predicted molar refractivity (Wildman–Crippen MR) is 71.4 cm³/mol. The molecular weight excluding hydrogens is 228 g/mol. The molecule has 0 aromatic carbocycles. The lowest BCUT2D eigenvalue weighted by atomic mass is 9.90. The maximum Gasteiger partial charge on any atom is 0.221 e. The Hall–Kier alpha value is -0.610. The van der Waals surface area contributed by atoms with Crippen molar-refractivity contribution in [3.63, 3.8) is 0 Å². The molecule has 4 unspecified atom stereocenters. The van der Waals surface area contributed by atoms with Gasteiger partial charge in [0.1, 0.15) is 0 Å². The summed E-state index contributed by atoms with van der Waals surface area (Å²) in [6.07, 6.45) is 6.56. The number of carbonyl (C=O) groups excluding carboxylic acids is 1. The van der Waals surface area contributed by atoms with Crippen LogP contribution in [0.1, 0.15) is 45.4 Å². The molecule has 4 atom stereocenters. The van der Waals surface area contributed by atoms with Crippen LogP contribution in [0.5, 0.6) is 0 Å². The van der Waals surface area contributed by atoms with E-state index in [1.54, 1.807) is 7.11 Å². The standard InChI is InChI=1S/C14H26N2O2/c1-10-5-4-8-15-12(10)9-14(17)16-11-6-3-7-13(11)18-2/h10-13,15H,3-9H2,1-2H3,(H,16,17). The van der Waals surface area contributed by atoms with Gasteiger partial charge in [-0.2, -0.15) is 0 Å². The highest BCUT2D eigenvalue weighted by Crippen LogP contribution is 2.22. The Bertz CT molecular complexity index is 277. The first-order chi connectivity index (χ1) is 8.70. The Kier molecular flexibility index (Phi) is 5.01. The van der Waals surface area contributed by atoms with E-state index >= 15 is 0 Å². The zero-order valence-electron chi connectivity index (χ0n) is 11.6. The molecule has 1 aliphatic heterocycles. The Morgan fingerprint density at radius 1 is 1.33 bits per heavy atom. The molecule has 104 valence electrons. The molecule has 1 heterocycles. The number of nitrogens with one attached hydrogen (secondary N) is 2. The van der Waals surface area contributed by atoms with Crippen molar-refractivity contribution in [2.24, 2.45) is 5.92 Å². The molecule has 0 radical (unpaired) electrons. The van der Waals surface area contributed by atoms with E-state index in [4.69, 9.17) is 4.74 Å². The van der Waals surface area contributed by atoms with Crippen LogP contribution in [0.25, 0.3) is 0 Å². The van der Waals surface area contributed by atoms with E-state index in [0.29, 0.717) is 18.4 Å². The highest BCUT2D eigenvalue weighted by Gasteiger charge is 2.30. The predicted octanol–water partition coefficient (Wildman–Crippen LogP) is 1.45. The van der Waals surface area contributed by atoms with Gasteiger partial charge in [0, 0.05) is 19.6 Å². The molecule has 2 aliphatic rings. The average molecular weight is 254 g/mol. The van der Waals surface area contributed by atoms with Crippen molar-refractivity contribution in [3.05, 3.63) is 0 Å². The van der Waals surface area contributed by atoms with Crippen molar-refractivity contribution in [2.45, 2.75) is 63.6 Å². The summed E-state index contributed by atoms with van der Waals surface area (Å²) >= 11 is 0. The second-order valence-corrected chi connectivity index (χ2v) is 5.76. The molecule has 1 amide bonds. The zero-order valence-corrected chi connectivity index (χ0v) is 11.6. The zero-order chi connectivity index (χ0) is 13.0. The number of carbonyl (C=O) groups is 1. The first kappa shape index (κ1) is 13.8. The van der Waals surface area contributed by atoms with Crippen LogP contribution in [0.2, 0.25) is 0 Å². The van der Waals surface area contributed by atoms with Gasteiger partial charge >= 0.3 is 0 Å². The smallest absolute Gasteiger partial charge is 0.221 e. The van der Waals surface area contributed by atoms with Crippen LogP contribution in [-0.2, 0) is 9.53 Å². The maximum atomic E-state index is 12.1. The van der Waals surface area contributed by atoms with Crippen LogP contribution < -0.4 is 10.6 Å². The lowest BCUT2D eigenvalue weighted by molar-refractivity contribution is -0.123. The van der Waals surface area contributed by atoms with Gasteiger partial charge in [0.15, 0.2) is 0 Å². The number of methoxy groups -OCH3 is 1. The van der Waals surface area contributed by atoms with Crippen LogP contribution >= 0.6 is 0 Å². The van der Waals surface area contributed by atoms with Crippen LogP contribution in [-0.4, -0.2) is 37.7 Å². The number of amides is 1. The summed E-state index contributed by atoms with van der Waals surface area (Å²) in [7, 11) is 1.74. The molecule has 1 aliphatic carbocycles. The minimum Gasteiger partial charge on any atom is -0.379 e. The first-order valence-electron chi connectivity index (χ1n) is 7.26. The van der Waals surface area contributed by atoms with Gasteiger partial charge < -0.3 is 15.4 Å². The van der Waals surface area contributed by atoms with Crippen molar-refractivity contribution in [1.82, 2.24) is 10.6 Å². The Balaban J connectivity index is 1.77. The summed E-state index contributed by atoms with van der Waals surface area (Å²) in [5, 5.41) is 6.60. The molecule has 2 rings (SSSR count). The molecule has 18 heavy (non-hydrogen) atoms. The van der Waals surface area contributed by atoms with E-state index in [9.17, 15) is 4.79 Å². The lowest BCUT2D eigenvalue weighted by Gasteiger charge is -2.30. The van der Waals surface area contributed by atoms with Gasteiger partial charge in [-0.05, 0) is 44.6 Å². The summed E-state index contributed by atoms with van der Waals surface area (Å²) in [4.78, 5) is 12.1. The van der Waals surface area contributed by atoms with Crippen molar-refractivity contribution in [3.8, 4) is 0 Å². The van der Waals surface area contributed by atoms with E-state index in [1.165, 1.54) is 12.8 Å². The maximum absolute atomic E-state index is 12.1. The summed E-state index contributed by atoms with van der Waals surface area (Å²) in [5.41, 5.74) is 0. The highest BCUT2D eigenvalue weighted by atomic mass is 16.5. The minimum absolute atomic E-state index is 0.176. The Labute approximate surface area is 110 Å². The summed E-state index contributed by atoms with van der Waals surface area (Å²) in [6.45, 7) is 3.28. The second-order valence-electron chi connectivity index (χ2n) is 5.76. The molecule has 4 nitrogen and oxygen atoms in total. The number of rotatable bonds is 4. The molecule has 4 heteroatoms. The van der Waals surface area contributed by atoms with Crippen LogP contribution in [0.15, 0.2) is 0 Å². The van der Waals surface area contributed by atoms with Gasteiger partial charge in [0.05, 0.1) is 12.1 Å². The molecule has 1 saturated heterocycles. The summed E-state index contributed by atoms with van der Waals surface area (Å²) in [6, 6.07) is 0.572. The van der Waals surface area contributed by atoms with Gasteiger partial charge in [-0.1, -0.05) is 6.92 Å². The molecule has 0 aromatic rings. The van der Waals surface area contributed by atoms with Crippen LogP contribution in [0, 0.1) is 5.92 Å². The van der Waals surface area contributed by atoms with Gasteiger partial charge in [0.2, 0.25) is 5.91 Å². The third-order valence-corrected chi connectivity index (χ3v) is 4.44. The topological polar surface area (TPSA) is 50.4 Å². The summed E-state index contributed by atoms with van der Waals surface area (Å²) < 4.78 is 5.41. The highest BCUT2D eigenvalue weighted by molar-refractivity contribution is 5.77. The molecule has 2 fully saturated rings. The summed E-state index contributed by atoms with van der Waals surface area (Å²) in [5.74, 6) is 0.779. The Morgan fingerprint density at radius 2 is 2.17 bits per heavy atom. The van der Waals surface area contributed by atoms with Crippen LogP contribution in [0.3, 0.4) is 0 Å². The van der Waals surface area contributed by atoms with Gasteiger partial charge in [0.25, 0.3) is 0 Å². The monoisotopic (exact) mass is 254 g/mol. The van der Waals surface area contributed by atoms with Crippen molar-refractivity contribution in [1.29, 1.82) is 0 Å². The molecule has 1 saturated carbocycles. The molecule has 0 aromatic heterocycles. The molecule has 0 spiro atoms. The van der Waals surface area contributed by atoms with Crippen molar-refractivity contribution in [2.75, 3.05) is 13.7 Å². The fourth-order valence-corrected chi connectivity index (χ4v) is 3.23. The fourth-order valence-electron chi connectivity index (χ4n) is 3.23. The fraction of sp³-hybridized carbons (Fsp3) is 0.929. The third-order valence-electron chi connectivity index (χ3n) is 4.44. The van der Waals surface area contributed by atoms with Gasteiger partial charge in [-0.3, -0.25) is 4.79 Å². The van der Waals surface area contributed by atoms with Crippen molar-refractivity contribution >= 4 is 5.91 Å². The second kappa shape index (κ2) is 6.53. The van der Waals surface area contributed by atoms with E-state index in [-0.39, 0.29) is 18.1 Å². The van der Waals surface area contributed by atoms with E-state index in [1.807, 2.05) is 0 Å². The number of hydrogen-bond acceptors (Lipinski definition) is 3. The van der Waals surface area contributed by atoms with E-state index < -0.39 is 0 Å². The largest absolute Gasteiger partial charge is 0.379 e. The van der Waals surface area contributed by atoms with Gasteiger partial charge in [-0.15, -0.1) is 0 Å². The van der Waals surface area contributed by atoms with Crippen LogP contribution in [0.4, 0.5) is 0 Å². The number of piperidine rings is 1. The molecule has 2 N–H and O–H groups in total. The normalized spacial score (nSPS) is 36.6. The first-order valence-corrected chi connectivity index (χ1v) is 7.26. The molecular formula is C14H26N2O2. The molecule has 0 bridgehead atoms. The van der Waals surface area contributed by atoms with Gasteiger partial charge in [-0.25, -0.2) is 0 Å². The lowest BCUT2D eigenvalue weighted by Crippen LogP contribution is -2.46. The Morgan fingerprint density at radius 3 is 2.89 bits per heavy atom. The van der Waals surface area contributed by atoms with Crippen molar-refractivity contribution < 1.29 is 9.53 Å². The number of hydrogen-bond donors (Lipinski definition) is 2.